The maximum absolute atomic E-state index is 9.90. The Kier molecular flexibility index (Phi) is 4.95. The van der Waals surface area contributed by atoms with Crippen LogP contribution in [0, 0.1) is 0 Å². The number of carbonyl (C=O) groups is 1. The summed E-state index contributed by atoms with van der Waals surface area (Å²) in [4.78, 5) is 9.90. The molecule has 0 aromatic rings. The van der Waals surface area contributed by atoms with Crippen LogP contribution in [0.2, 0.25) is 0 Å². The van der Waals surface area contributed by atoms with Crippen molar-refractivity contribution in [3.8, 4) is 0 Å². The van der Waals surface area contributed by atoms with E-state index in [9.17, 15) is 4.79 Å². The Labute approximate surface area is 68.7 Å². The molecule has 0 amide bonds. The molecule has 5 N–H and O–H groups in total. The Hall–Kier alpha value is -0.530. The van der Waals surface area contributed by atoms with Crippen molar-refractivity contribution in [3.63, 3.8) is 0 Å². The van der Waals surface area contributed by atoms with Gasteiger partial charge in [0.15, 0.2) is 6.29 Å². The molecule has 0 spiro atoms. The molecule has 72 valence electrons. The molecule has 0 aromatic heterocycles. The largest absolute Gasteiger partial charge is 0.394 e. The van der Waals surface area contributed by atoms with Gasteiger partial charge in [-0.2, -0.15) is 0 Å². The van der Waals surface area contributed by atoms with Crippen LogP contribution in [-0.2, 0) is 4.79 Å². The van der Waals surface area contributed by atoms with Crippen LogP contribution >= 0.6 is 0 Å². The predicted octanol–water partition coefficient (Wildman–Crippen LogP) is -3.38. The van der Waals surface area contributed by atoms with Gasteiger partial charge in [0.2, 0.25) is 0 Å². The van der Waals surface area contributed by atoms with E-state index < -0.39 is 31.0 Å². The summed E-state index contributed by atoms with van der Waals surface area (Å²) in [6.45, 7) is -0.760. The zero-order valence-corrected chi connectivity index (χ0v) is 6.24. The standard InChI is InChI=1S/C6H12O6/c7-1-3(9)5(11)6(12)4(10)2-8/h1,3-6,8-12H,2H2/t3-,4-,5-,6-/m0/s1/i3+1. The minimum absolute atomic E-state index is 0.0258. The fourth-order valence-electron chi connectivity index (χ4n) is 0.618. The molecule has 0 aliphatic heterocycles. The lowest BCUT2D eigenvalue weighted by Gasteiger charge is -2.22. The Morgan fingerprint density at radius 3 is 1.92 bits per heavy atom. The maximum Gasteiger partial charge on any atom is 0.151 e. The van der Waals surface area contributed by atoms with Gasteiger partial charge in [0, 0.05) is 0 Å². The molecule has 0 aliphatic rings. The molecule has 0 bridgehead atoms. The van der Waals surface area contributed by atoms with E-state index in [4.69, 9.17) is 25.5 Å². The molecule has 6 heteroatoms. The van der Waals surface area contributed by atoms with E-state index in [-0.39, 0.29) is 6.29 Å². The number of carbonyl (C=O) groups excluding carboxylic acids is 1. The van der Waals surface area contributed by atoms with Crippen molar-refractivity contribution >= 4 is 6.29 Å². The van der Waals surface area contributed by atoms with Gasteiger partial charge in [-0.25, -0.2) is 0 Å². The SMILES string of the molecule is O=C[13C@H](O)[C@H](O)[C@@H](O)[C@@H](O)CO. The van der Waals surface area contributed by atoms with E-state index in [0.29, 0.717) is 0 Å². The van der Waals surface area contributed by atoms with Crippen LogP contribution in [0.3, 0.4) is 0 Å². The van der Waals surface area contributed by atoms with Crippen molar-refractivity contribution in [2.45, 2.75) is 24.4 Å². The Morgan fingerprint density at radius 2 is 1.58 bits per heavy atom. The second-order valence-electron chi connectivity index (χ2n) is 2.36. The lowest BCUT2D eigenvalue weighted by molar-refractivity contribution is -0.136. The first-order valence-electron chi connectivity index (χ1n) is 3.33. The molecule has 0 aromatic carbocycles. The van der Waals surface area contributed by atoms with E-state index in [1.54, 1.807) is 0 Å². The van der Waals surface area contributed by atoms with Gasteiger partial charge in [0.25, 0.3) is 0 Å². The Bertz CT molecular complexity index is 138. The lowest BCUT2D eigenvalue weighted by atomic mass is 10.1. The van der Waals surface area contributed by atoms with Crippen LogP contribution in [0.1, 0.15) is 0 Å². The molecule has 0 aliphatic carbocycles. The molecule has 0 rings (SSSR count). The Morgan fingerprint density at radius 1 is 1.08 bits per heavy atom. The fourth-order valence-corrected chi connectivity index (χ4v) is 0.618. The highest BCUT2D eigenvalue weighted by atomic mass is 16.4. The summed E-state index contributed by atoms with van der Waals surface area (Å²) in [7, 11) is 0. The monoisotopic (exact) mass is 181 g/mol. The van der Waals surface area contributed by atoms with Crippen molar-refractivity contribution in [2.75, 3.05) is 6.61 Å². The molecule has 4 atom stereocenters. The topological polar surface area (TPSA) is 118 Å². The van der Waals surface area contributed by atoms with Gasteiger partial charge >= 0.3 is 0 Å². The number of hydrogen-bond donors (Lipinski definition) is 5. The van der Waals surface area contributed by atoms with Crippen LogP contribution in [0.15, 0.2) is 0 Å². The number of aldehydes is 1. The normalized spacial score (nSPS) is 21.1. The zero-order valence-electron chi connectivity index (χ0n) is 6.24. The fraction of sp³-hybridized carbons (Fsp3) is 0.833. The molecule has 0 fully saturated rings. The van der Waals surface area contributed by atoms with Gasteiger partial charge in [-0.05, 0) is 0 Å². The highest BCUT2D eigenvalue weighted by Gasteiger charge is 2.29. The molecule has 12 heavy (non-hydrogen) atoms. The minimum Gasteiger partial charge on any atom is -0.394 e. The van der Waals surface area contributed by atoms with Gasteiger partial charge in [-0.3, -0.25) is 0 Å². The summed E-state index contributed by atoms with van der Waals surface area (Å²) in [5.41, 5.74) is 0. The van der Waals surface area contributed by atoms with Crippen LogP contribution in [0.25, 0.3) is 0 Å². The van der Waals surface area contributed by atoms with Gasteiger partial charge in [0.1, 0.15) is 24.4 Å². The number of hydrogen-bond acceptors (Lipinski definition) is 6. The average molecular weight is 181 g/mol. The molecule has 0 radical (unpaired) electrons. The molecule has 0 unspecified atom stereocenters. The summed E-state index contributed by atoms with van der Waals surface area (Å²) in [6, 6.07) is 0. The third-order valence-corrected chi connectivity index (χ3v) is 1.42. The Balaban J connectivity index is 4.07. The highest BCUT2D eigenvalue weighted by Crippen LogP contribution is 2.02. The van der Waals surface area contributed by atoms with Crippen LogP contribution < -0.4 is 0 Å². The molecule has 0 saturated carbocycles. The summed E-state index contributed by atoms with van der Waals surface area (Å²) in [5, 5.41) is 43.5. The first-order valence-corrected chi connectivity index (χ1v) is 3.33. The van der Waals surface area contributed by atoms with E-state index >= 15 is 0 Å². The van der Waals surface area contributed by atoms with E-state index in [1.165, 1.54) is 0 Å². The van der Waals surface area contributed by atoms with Crippen molar-refractivity contribution < 1.29 is 30.3 Å². The van der Waals surface area contributed by atoms with Gasteiger partial charge < -0.3 is 30.3 Å². The van der Waals surface area contributed by atoms with Crippen molar-refractivity contribution in [1.29, 1.82) is 0 Å². The molecule has 0 heterocycles. The summed E-state index contributed by atoms with van der Waals surface area (Å²) in [5.74, 6) is 0. The number of aliphatic hydroxyl groups is 5. The van der Waals surface area contributed by atoms with Gasteiger partial charge in [-0.1, -0.05) is 0 Å². The third-order valence-electron chi connectivity index (χ3n) is 1.42. The van der Waals surface area contributed by atoms with E-state index in [1.807, 2.05) is 0 Å². The summed E-state index contributed by atoms with van der Waals surface area (Å²) >= 11 is 0. The number of aliphatic hydroxyl groups excluding tert-OH is 5. The van der Waals surface area contributed by atoms with Crippen molar-refractivity contribution in [2.24, 2.45) is 0 Å². The zero-order chi connectivity index (χ0) is 9.72. The van der Waals surface area contributed by atoms with E-state index in [2.05, 4.69) is 0 Å². The van der Waals surface area contributed by atoms with Crippen LogP contribution in [0.4, 0.5) is 0 Å². The van der Waals surface area contributed by atoms with Crippen LogP contribution in [0.5, 0.6) is 0 Å². The third kappa shape index (κ3) is 2.84. The minimum atomic E-state index is -1.79. The first kappa shape index (κ1) is 11.5. The predicted molar refractivity (Wildman–Crippen MR) is 37.2 cm³/mol. The van der Waals surface area contributed by atoms with Crippen molar-refractivity contribution in [1.82, 2.24) is 0 Å². The summed E-state index contributed by atoms with van der Waals surface area (Å²) < 4.78 is 0. The highest BCUT2D eigenvalue weighted by molar-refractivity contribution is 5.56. The molecular weight excluding hydrogens is 169 g/mol. The van der Waals surface area contributed by atoms with E-state index in [0.717, 1.165) is 0 Å². The smallest absolute Gasteiger partial charge is 0.151 e. The van der Waals surface area contributed by atoms with Crippen LogP contribution in [-0.4, -0.2) is 62.8 Å². The number of rotatable bonds is 5. The maximum atomic E-state index is 9.90. The molecular formula is C6H12O6. The van der Waals surface area contributed by atoms with Crippen molar-refractivity contribution in [3.05, 3.63) is 0 Å². The first-order chi connectivity index (χ1) is 5.54. The lowest BCUT2D eigenvalue weighted by Crippen LogP contribution is -2.46. The van der Waals surface area contributed by atoms with Gasteiger partial charge in [0.05, 0.1) is 6.61 Å². The second-order valence-corrected chi connectivity index (χ2v) is 2.36. The average Bonchev–Trinajstić information content (AvgIpc) is 2.12. The second kappa shape index (κ2) is 5.18. The molecule has 0 saturated heterocycles. The summed E-state index contributed by atoms with van der Waals surface area (Å²) in [6.07, 6.45) is -6.84. The quantitative estimate of drug-likeness (QED) is 0.223. The molecule has 6 nitrogen and oxygen atoms in total. The van der Waals surface area contributed by atoms with Gasteiger partial charge in [-0.15, -0.1) is 0 Å².